The number of aliphatic hydroxyl groups excluding tert-OH is 2. The van der Waals surface area contributed by atoms with Gasteiger partial charge in [0.15, 0.2) is 0 Å². The summed E-state index contributed by atoms with van der Waals surface area (Å²) in [5.74, 6) is 0.718. The van der Waals surface area contributed by atoms with Crippen LogP contribution in [0.5, 0.6) is 0 Å². The minimum Gasteiger partial charge on any atom is -0.466 e. The third kappa shape index (κ3) is 6.76. The van der Waals surface area contributed by atoms with Crippen LogP contribution in [0.4, 0.5) is 0 Å². The molecule has 2 rings (SSSR count). The molecule has 0 spiro atoms. The number of hydrogen-bond acceptors (Lipinski definition) is 4. The number of fused-ring (bicyclic) bond motifs is 1. The summed E-state index contributed by atoms with van der Waals surface area (Å²) in [5, 5.41) is 21.1. The number of esters is 1. The summed E-state index contributed by atoms with van der Waals surface area (Å²) < 4.78 is 4.96. The molecule has 0 bridgehead atoms. The van der Waals surface area contributed by atoms with Crippen LogP contribution in [0.2, 0.25) is 0 Å². The van der Waals surface area contributed by atoms with Gasteiger partial charge in [0.2, 0.25) is 0 Å². The van der Waals surface area contributed by atoms with Crippen LogP contribution in [0.15, 0.2) is 23.8 Å². The van der Waals surface area contributed by atoms with Crippen LogP contribution >= 0.6 is 0 Å². The van der Waals surface area contributed by atoms with Crippen LogP contribution < -0.4 is 0 Å². The molecule has 4 nitrogen and oxygen atoms in total. The van der Waals surface area contributed by atoms with Crippen molar-refractivity contribution in [3.63, 3.8) is 0 Å². The van der Waals surface area contributed by atoms with Crippen molar-refractivity contribution in [1.82, 2.24) is 0 Å². The predicted molar refractivity (Wildman–Crippen MR) is 108 cm³/mol. The lowest BCUT2D eigenvalue weighted by atomic mass is 9.86. The maximum absolute atomic E-state index is 11.4. The van der Waals surface area contributed by atoms with E-state index in [0.29, 0.717) is 24.9 Å². The van der Waals surface area contributed by atoms with E-state index in [0.717, 1.165) is 44.9 Å². The number of carbonyl (C=O) groups excluding carboxylic acids is 1. The Morgan fingerprint density at radius 3 is 2.78 bits per heavy atom. The van der Waals surface area contributed by atoms with Gasteiger partial charge in [-0.2, -0.15) is 0 Å². The van der Waals surface area contributed by atoms with Crippen molar-refractivity contribution in [3.05, 3.63) is 23.8 Å². The highest BCUT2D eigenvalue weighted by Crippen LogP contribution is 2.51. The van der Waals surface area contributed by atoms with E-state index < -0.39 is 6.10 Å². The molecule has 0 heterocycles. The van der Waals surface area contributed by atoms with Gasteiger partial charge >= 0.3 is 5.97 Å². The third-order valence-electron chi connectivity index (χ3n) is 6.14. The molecular formula is C23H38O4. The molecule has 0 amide bonds. The zero-order chi connectivity index (χ0) is 19.6. The van der Waals surface area contributed by atoms with Gasteiger partial charge in [0.05, 0.1) is 18.8 Å². The first-order valence-corrected chi connectivity index (χ1v) is 10.9. The number of carbonyl (C=O) groups is 1. The Balaban J connectivity index is 1.80. The van der Waals surface area contributed by atoms with E-state index in [1.54, 1.807) is 0 Å². The molecule has 0 aromatic carbocycles. The lowest BCUT2D eigenvalue weighted by Gasteiger charge is -2.24. The average Bonchev–Trinajstić information content (AvgIpc) is 3.14. The fraction of sp³-hybridized carbons (Fsp3) is 0.783. The quantitative estimate of drug-likeness (QED) is 0.314. The number of hydrogen-bond donors (Lipinski definition) is 2. The Bertz CT molecular complexity index is 511. The first kappa shape index (κ1) is 22.2. The fourth-order valence-corrected chi connectivity index (χ4v) is 4.81. The summed E-state index contributed by atoms with van der Waals surface area (Å²) in [7, 11) is 0. The van der Waals surface area contributed by atoms with Gasteiger partial charge in [0.1, 0.15) is 0 Å². The SMILES string of the molecule is CCCCC/C=C/C(O)[C@@H]1[C@H]2C/C(=C/CCCC(=O)OCC)C[C@H]2C[C@H]1O. The molecule has 0 saturated heterocycles. The number of allylic oxidation sites excluding steroid dienone is 3. The zero-order valence-electron chi connectivity index (χ0n) is 17.1. The first-order chi connectivity index (χ1) is 13.1. The normalized spacial score (nSPS) is 30.1. The first-order valence-electron chi connectivity index (χ1n) is 10.9. The van der Waals surface area contributed by atoms with Crippen LogP contribution in [-0.2, 0) is 9.53 Å². The maximum atomic E-state index is 11.4. The van der Waals surface area contributed by atoms with E-state index in [-0.39, 0.29) is 18.0 Å². The molecule has 154 valence electrons. The summed E-state index contributed by atoms with van der Waals surface area (Å²) in [5.41, 5.74) is 1.44. The van der Waals surface area contributed by atoms with Crippen molar-refractivity contribution in [1.29, 1.82) is 0 Å². The summed E-state index contributed by atoms with van der Waals surface area (Å²) in [6.45, 7) is 4.47. The molecular weight excluding hydrogens is 340 g/mol. The lowest BCUT2D eigenvalue weighted by Crippen LogP contribution is -2.30. The van der Waals surface area contributed by atoms with E-state index in [2.05, 4.69) is 19.1 Å². The third-order valence-corrected chi connectivity index (χ3v) is 6.14. The van der Waals surface area contributed by atoms with Gasteiger partial charge in [-0.15, -0.1) is 0 Å². The monoisotopic (exact) mass is 378 g/mol. The topological polar surface area (TPSA) is 66.8 Å². The molecule has 5 atom stereocenters. The van der Waals surface area contributed by atoms with Crippen molar-refractivity contribution < 1.29 is 19.7 Å². The largest absolute Gasteiger partial charge is 0.466 e. The van der Waals surface area contributed by atoms with E-state index >= 15 is 0 Å². The molecule has 2 N–H and O–H groups in total. The summed E-state index contributed by atoms with van der Waals surface area (Å²) in [6.07, 6.45) is 15.0. The molecule has 0 aromatic heterocycles. The Morgan fingerprint density at radius 1 is 1.22 bits per heavy atom. The van der Waals surface area contributed by atoms with E-state index in [1.807, 2.05) is 13.0 Å². The molecule has 1 unspecified atom stereocenters. The Labute approximate surface area is 164 Å². The molecule has 2 aliphatic carbocycles. The highest BCUT2D eigenvalue weighted by molar-refractivity contribution is 5.69. The number of ether oxygens (including phenoxy) is 1. The highest BCUT2D eigenvalue weighted by atomic mass is 16.5. The summed E-state index contributed by atoms with van der Waals surface area (Å²) in [4.78, 5) is 11.4. The molecule has 0 radical (unpaired) electrons. The Morgan fingerprint density at radius 2 is 2.04 bits per heavy atom. The van der Waals surface area contributed by atoms with E-state index in [1.165, 1.54) is 18.4 Å². The molecule has 0 aliphatic heterocycles. The second-order valence-electron chi connectivity index (χ2n) is 8.19. The van der Waals surface area contributed by atoms with Crippen molar-refractivity contribution in [2.75, 3.05) is 6.61 Å². The van der Waals surface area contributed by atoms with Crippen molar-refractivity contribution in [3.8, 4) is 0 Å². The summed E-state index contributed by atoms with van der Waals surface area (Å²) in [6, 6.07) is 0. The maximum Gasteiger partial charge on any atom is 0.305 e. The van der Waals surface area contributed by atoms with Crippen LogP contribution in [-0.4, -0.2) is 35.0 Å². The van der Waals surface area contributed by atoms with Gasteiger partial charge in [-0.25, -0.2) is 0 Å². The minimum absolute atomic E-state index is 0.0390. The van der Waals surface area contributed by atoms with E-state index in [9.17, 15) is 15.0 Å². The van der Waals surface area contributed by atoms with Crippen LogP contribution in [0, 0.1) is 17.8 Å². The average molecular weight is 379 g/mol. The van der Waals surface area contributed by atoms with Gasteiger partial charge in [0.25, 0.3) is 0 Å². The van der Waals surface area contributed by atoms with E-state index in [4.69, 9.17) is 4.74 Å². The zero-order valence-corrected chi connectivity index (χ0v) is 17.1. The van der Waals surface area contributed by atoms with Crippen molar-refractivity contribution in [2.45, 2.75) is 90.3 Å². The van der Waals surface area contributed by atoms with Gasteiger partial charge in [-0.3, -0.25) is 4.79 Å². The highest BCUT2D eigenvalue weighted by Gasteiger charge is 2.48. The van der Waals surface area contributed by atoms with Crippen molar-refractivity contribution in [2.24, 2.45) is 17.8 Å². The summed E-state index contributed by atoms with van der Waals surface area (Å²) >= 11 is 0. The molecule has 4 heteroatoms. The standard InChI is InChI=1S/C23H38O4/c1-3-5-6-7-8-12-20(24)23-19-15-17(14-18(19)16-21(23)25)11-9-10-13-22(26)27-4-2/h8,11-12,18-21,23-25H,3-7,9-10,13-16H2,1-2H3/b12-8+,17-11+/t18-,19-,20?,21+,23-/m0/s1. The predicted octanol–water partition coefficient (Wildman–Crippen LogP) is 4.55. The Hall–Kier alpha value is -1.13. The van der Waals surface area contributed by atoms with Crippen molar-refractivity contribution >= 4 is 5.97 Å². The number of rotatable bonds is 11. The number of aliphatic hydroxyl groups is 2. The van der Waals surface area contributed by atoms with Crippen LogP contribution in [0.3, 0.4) is 0 Å². The van der Waals surface area contributed by atoms with Gasteiger partial charge in [-0.05, 0) is 63.7 Å². The molecule has 2 aliphatic rings. The number of unbranched alkanes of at least 4 members (excludes halogenated alkanes) is 4. The van der Waals surface area contributed by atoms with Gasteiger partial charge < -0.3 is 14.9 Å². The molecule has 0 aromatic rings. The fourth-order valence-electron chi connectivity index (χ4n) is 4.81. The van der Waals surface area contributed by atoms with Gasteiger partial charge in [0, 0.05) is 12.3 Å². The smallest absolute Gasteiger partial charge is 0.305 e. The second kappa shape index (κ2) is 11.7. The Kier molecular flexibility index (Phi) is 9.57. The second-order valence-corrected chi connectivity index (χ2v) is 8.19. The lowest BCUT2D eigenvalue weighted by molar-refractivity contribution is -0.143. The molecule has 27 heavy (non-hydrogen) atoms. The van der Waals surface area contributed by atoms with Gasteiger partial charge in [-0.1, -0.05) is 43.6 Å². The molecule has 2 saturated carbocycles. The van der Waals surface area contributed by atoms with Crippen LogP contribution in [0.1, 0.15) is 78.1 Å². The minimum atomic E-state index is -0.542. The van der Waals surface area contributed by atoms with Crippen LogP contribution in [0.25, 0.3) is 0 Å². The molecule has 2 fully saturated rings.